The van der Waals surface area contributed by atoms with Gasteiger partial charge in [-0.1, -0.05) is 0 Å². The van der Waals surface area contributed by atoms with Gasteiger partial charge in [-0.2, -0.15) is 0 Å². The highest BCUT2D eigenvalue weighted by atomic mass is 35.5. The fourth-order valence-electron chi connectivity index (χ4n) is 2.03. The Hall–Kier alpha value is -1.20. The van der Waals surface area contributed by atoms with Crippen LogP contribution in [-0.2, 0) is 4.74 Å². The number of hydrogen-bond donors (Lipinski definition) is 1. The molecule has 0 aromatic heterocycles. The lowest BCUT2D eigenvalue weighted by atomic mass is 9.91. The van der Waals surface area contributed by atoms with Gasteiger partial charge in [0.15, 0.2) is 0 Å². The summed E-state index contributed by atoms with van der Waals surface area (Å²) in [5.74, 6) is -1.85. The molecular formula is C13H14ClF2NO2. The van der Waals surface area contributed by atoms with Crippen molar-refractivity contribution in [2.24, 2.45) is 0 Å². The van der Waals surface area contributed by atoms with Crippen molar-refractivity contribution >= 4 is 17.5 Å². The van der Waals surface area contributed by atoms with Crippen molar-refractivity contribution in [2.75, 3.05) is 19.1 Å². The summed E-state index contributed by atoms with van der Waals surface area (Å²) in [6, 6.07) is 2.78. The first kappa shape index (κ1) is 14.2. The predicted molar refractivity (Wildman–Crippen MR) is 67.3 cm³/mol. The van der Waals surface area contributed by atoms with Crippen LogP contribution in [0, 0.1) is 11.6 Å². The van der Waals surface area contributed by atoms with E-state index in [0.717, 1.165) is 18.2 Å². The number of benzene rings is 1. The van der Waals surface area contributed by atoms with Crippen molar-refractivity contribution in [3.8, 4) is 0 Å². The molecule has 1 fully saturated rings. The van der Waals surface area contributed by atoms with Gasteiger partial charge in [-0.3, -0.25) is 4.79 Å². The van der Waals surface area contributed by atoms with Crippen LogP contribution in [0.25, 0.3) is 0 Å². The summed E-state index contributed by atoms with van der Waals surface area (Å²) in [4.78, 5) is 12.0. The monoisotopic (exact) mass is 289 g/mol. The lowest BCUT2D eigenvalue weighted by molar-refractivity contribution is 0.0432. The number of rotatable bonds is 3. The van der Waals surface area contributed by atoms with Crippen LogP contribution in [-0.4, -0.2) is 30.5 Å². The van der Waals surface area contributed by atoms with E-state index in [4.69, 9.17) is 16.3 Å². The second kappa shape index (κ2) is 5.84. The molecule has 0 aliphatic carbocycles. The average Bonchev–Trinajstić information content (AvgIpc) is 2.42. The molecule has 0 unspecified atom stereocenters. The number of carbonyl (C=O) groups excluding carboxylic acids is 1. The highest BCUT2D eigenvalue weighted by Crippen LogP contribution is 2.23. The Bertz CT molecular complexity index is 476. The van der Waals surface area contributed by atoms with Gasteiger partial charge >= 0.3 is 0 Å². The largest absolute Gasteiger partial charge is 0.381 e. The van der Waals surface area contributed by atoms with Gasteiger partial charge in [0, 0.05) is 19.1 Å². The summed E-state index contributed by atoms with van der Waals surface area (Å²) in [7, 11) is 0. The Morgan fingerprint density at radius 2 is 2.05 bits per heavy atom. The van der Waals surface area contributed by atoms with E-state index in [0.29, 0.717) is 26.1 Å². The predicted octanol–water partition coefficient (Wildman–Crippen LogP) is 2.48. The summed E-state index contributed by atoms with van der Waals surface area (Å²) in [6.07, 6.45) is 1.11. The van der Waals surface area contributed by atoms with Crippen LogP contribution in [0.2, 0.25) is 0 Å². The summed E-state index contributed by atoms with van der Waals surface area (Å²) in [5, 5.41) is 2.71. The molecule has 1 aromatic carbocycles. The number of amides is 1. The number of ether oxygens (including phenoxy) is 1. The highest BCUT2D eigenvalue weighted by Gasteiger charge is 2.34. The van der Waals surface area contributed by atoms with Gasteiger partial charge < -0.3 is 10.1 Å². The van der Waals surface area contributed by atoms with Gasteiger partial charge in [0.1, 0.15) is 11.6 Å². The first-order valence-corrected chi connectivity index (χ1v) is 6.51. The van der Waals surface area contributed by atoms with Gasteiger partial charge in [-0.15, -0.1) is 11.6 Å². The smallest absolute Gasteiger partial charge is 0.254 e. The third kappa shape index (κ3) is 3.22. The minimum atomic E-state index is -0.754. The third-order valence-electron chi connectivity index (χ3n) is 3.26. The molecule has 0 saturated carbocycles. The van der Waals surface area contributed by atoms with Crippen molar-refractivity contribution < 1.29 is 18.3 Å². The minimum absolute atomic E-state index is 0.207. The number of nitrogens with one attached hydrogen (secondary N) is 1. The molecule has 1 saturated heterocycles. The molecule has 19 heavy (non-hydrogen) atoms. The first-order chi connectivity index (χ1) is 9.06. The molecule has 0 atom stereocenters. The fourth-order valence-corrected chi connectivity index (χ4v) is 2.37. The number of halogens is 3. The molecule has 1 aliphatic heterocycles. The lowest BCUT2D eigenvalue weighted by Crippen LogP contribution is -2.53. The molecule has 2 rings (SSSR count). The van der Waals surface area contributed by atoms with Crippen molar-refractivity contribution in [2.45, 2.75) is 18.4 Å². The zero-order valence-corrected chi connectivity index (χ0v) is 11.0. The molecule has 1 N–H and O–H groups in total. The maximum absolute atomic E-state index is 13.5. The molecule has 0 spiro atoms. The van der Waals surface area contributed by atoms with Crippen LogP contribution in [0.3, 0.4) is 0 Å². The van der Waals surface area contributed by atoms with Gasteiger partial charge in [0.25, 0.3) is 5.91 Å². The average molecular weight is 290 g/mol. The van der Waals surface area contributed by atoms with Crippen molar-refractivity contribution in [1.29, 1.82) is 0 Å². The Morgan fingerprint density at radius 1 is 1.37 bits per heavy atom. The lowest BCUT2D eigenvalue weighted by Gasteiger charge is -2.36. The van der Waals surface area contributed by atoms with Crippen molar-refractivity contribution in [3.63, 3.8) is 0 Å². The molecular weight excluding hydrogens is 276 g/mol. The van der Waals surface area contributed by atoms with Gasteiger partial charge in [-0.05, 0) is 31.0 Å². The summed E-state index contributed by atoms with van der Waals surface area (Å²) >= 11 is 5.90. The minimum Gasteiger partial charge on any atom is -0.381 e. The normalized spacial score (nSPS) is 18.1. The van der Waals surface area contributed by atoms with E-state index in [1.165, 1.54) is 0 Å². The molecule has 1 amide bonds. The molecule has 3 nitrogen and oxygen atoms in total. The van der Waals surface area contributed by atoms with E-state index < -0.39 is 23.1 Å². The second-order valence-electron chi connectivity index (χ2n) is 4.60. The van der Waals surface area contributed by atoms with Crippen LogP contribution >= 0.6 is 11.6 Å². The zero-order chi connectivity index (χ0) is 13.9. The van der Waals surface area contributed by atoms with Crippen LogP contribution in [0.15, 0.2) is 18.2 Å². The third-order valence-corrected chi connectivity index (χ3v) is 3.77. The first-order valence-electron chi connectivity index (χ1n) is 5.98. The zero-order valence-electron chi connectivity index (χ0n) is 10.2. The van der Waals surface area contributed by atoms with Crippen molar-refractivity contribution in [3.05, 3.63) is 35.4 Å². The topological polar surface area (TPSA) is 38.3 Å². The summed E-state index contributed by atoms with van der Waals surface area (Å²) in [5.41, 5.74) is -0.925. The standard InChI is InChI=1S/C13H14ClF2NO2/c14-8-13(3-5-19-6-4-13)17-12(18)10-7-9(15)1-2-11(10)16/h1-2,7H,3-6,8H2,(H,17,18). The molecule has 6 heteroatoms. The molecule has 0 bridgehead atoms. The van der Waals surface area contributed by atoms with Crippen molar-refractivity contribution in [1.82, 2.24) is 5.32 Å². The molecule has 104 valence electrons. The van der Waals surface area contributed by atoms with E-state index in [-0.39, 0.29) is 11.4 Å². The fraction of sp³-hybridized carbons (Fsp3) is 0.462. The number of alkyl halides is 1. The van der Waals surface area contributed by atoms with Crippen LogP contribution in [0.5, 0.6) is 0 Å². The van der Waals surface area contributed by atoms with Crippen LogP contribution < -0.4 is 5.32 Å². The molecule has 1 heterocycles. The Morgan fingerprint density at radius 3 is 2.68 bits per heavy atom. The second-order valence-corrected chi connectivity index (χ2v) is 4.87. The molecule has 0 radical (unpaired) electrons. The number of hydrogen-bond acceptors (Lipinski definition) is 2. The maximum atomic E-state index is 13.5. The molecule has 1 aromatic rings. The van der Waals surface area contributed by atoms with E-state index >= 15 is 0 Å². The summed E-state index contributed by atoms with van der Waals surface area (Å²) < 4.78 is 31.8. The maximum Gasteiger partial charge on any atom is 0.254 e. The SMILES string of the molecule is O=C(NC1(CCl)CCOCC1)c1cc(F)ccc1F. The molecule has 1 aliphatic rings. The Labute approximate surface area is 114 Å². The van der Waals surface area contributed by atoms with Gasteiger partial charge in [0.2, 0.25) is 0 Å². The van der Waals surface area contributed by atoms with E-state index in [2.05, 4.69) is 5.32 Å². The van der Waals surface area contributed by atoms with E-state index in [9.17, 15) is 13.6 Å². The Kier molecular flexibility index (Phi) is 4.37. The Balaban J connectivity index is 2.17. The van der Waals surface area contributed by atoms with E-state index in [1.807, 2.05) is 0 Å². The summed E-state index contributed by atoms with van der Waals surface area (Å²) in [6.45, 7) is 0.970. The highest BCUT2D eigenvalue weighted by molar-refractivity contribution is 6.19. The van der Waals surface area contributed by atoms with Crippen LogP contribution in [0.4, 0.5) is 8.78 Å². The van der Waals surface area contributed by atoms with Gasteiger partial charge in [-0.25, -0.2) is 8.78 Å². The number of carbonyl (C=O) groups is 1. The van der Waals surface area contributed by atoms with E-state index in [1.54, 1.807) is 0 Å². The van der Waals surface area contributed by atoms with Crippen LogP contribution in [0.1, 0.15) is 23.2 Å². The van der Waals surface area contributed by atoms with Gasteiger partial charge in [0.05, 0.1) is 11.1 Å². The quantitative estimate of drug-likeness (QED) is 0.868.